The Labute approximate surface area is 116 Å². The Bertz CT molecular complexity index is 421. The van der Waals surface area contributed by atoms with Gasteiger partial charge in [-0.2, -0.15) is 0 Å². The van der Waals surface area contributed by atoms with Gasteiger partial charge in [0.1, 0.15) is 0 Å². The SMILES string of the molecule is CCCOc1cc(Br)c(C(N)=O)cc1OCCC. The molecular weight excluding hydrogens is 298 g/mol. The second-order valence-corrected chi connectivity index (χ2v) is 4.69. The van der Waals surface area contributed by atoms with Crippen LogP contribution in [-0.4, -0.2) is 19.1 Å². The van der Waals surface area contributed by atoms with Crippen LogP contribution in [0.15, 0.2) is 16.6 Å². The number of carbonyl (C=O) groups is 1. The lowest BCUT2D eigenvalue weighted by Crippen LogP contribution is -2.12. The van der Waals surface area contributed by atoms with Gasteiger partial charge in [-0.15, -0.1) is 0 Å². The maximum Gasteiger partial charge on any atom is 0.249 e. The predicted octanol–water partition coefficient (Wildman–Crippen LogP) is 3.13. The summed E-state index contributed by atoms with van der Waals surface area (Å²) in [5, 5.41) is 0. The molecule has 0 aliphatic rings. The first kappa shape index (κ1) is 14.8. The van der Waals surface area contributed by atoms with Gasteiger partial charge in [0.15, 0.2) is 11.5 Å². The van der Waals surface area contributed by atoms with Crippen LogP contribution < -0.4 is 15.2 Å². The summed E-state index contributed by atoms with van der Waals surface area (Å²) in [5.74, 6) is 0.690. The van der Waals surface area contributed by atoms with Gasteiger partial charge >= 0.3 is 0 Å². The summed E-state index contributed by atoms with van der Waals surface area (Å²) in [5.41, 5.74) is 5.69. The molecular formula is C13H18BrNO3. The third-order valence-electron chi connectivity index (χ3n) is 2.22. The molecule has 0 radical (unpaired) electrons. The van der Waals surface area contributed by atoms with Crippen LogP contribution in [0.2, 0.25) is 0 Å². The zero-order valence-electron chi connectivity index (χ0n) is 10.7. The number of ether oxygens (including phenoxy) is 2. The fourth-order valence-corrected chi connectivity index (χ4v) is 1.89. The molecule has 0 atom stereocenters. The Morgan fingerprint density at radius 2 is 1.67 bits per heavy atom. The average Bonchev–Trinajstić information content (AvgIpc) is 2.34. The zero-order valence-corrected chi connectivity index (χ0v) is 12.2. The molecule has 1 rings (SSSR count). The van der Waals surface area contributed by atoms with Crippen LogP contribution >= 0.6 is 15.9 Å². The number of benzene rings is 1. The van der Waals surface area contributed by atoms with Crippen molar-refractivity contribution in [2.75, 3.05) is 13.2 Å². The summed E-state index contributed by atoms with van der Waals surface area (Å²) < 4.78 is 11.8. The van der Waals surface area contributed by atoms with Crippen molar-refractivity contribution in [1.82, 2.24) is 0 Å². The highest BCUT2D eigenvalue weighted by atomic mass is 79.9. The molecule has 4 nitrogen and oxygen atoms in total. The van der Waals surface area contributed by atoms with Crippen molar-refractivity contribution in [2.24, 2.45) is 5.73 Å². The molecule has 1 aromatic carbocycles. The quantitative estimate of drug-likeness (QED) is 0.840. The standard InChI is InChI=1S/C13H18BrNO3/c1-3-5-17-11-7-9(13(15)16)10(14)8-12(11)18-6-4-2/h7-8H,3-6H2,1-2H3,(H2,15,16). The molecule has 0 saturated carbocycles. The maximum atomic E-state index is 11.3. The number of amides is 1. The van der Waals surface area contributed by atoms with Crippen molar-refractivity contribution < 1.29 is 14.3 Å². The number of hydrogen-bond acceptors (Lipinski definition) is 3. The molecule has 0 fully saturated rings. The number of halogens is 1. The van der Waals surface area contributed by atoms with Gasteiger partial charge in [-0.05, 0) is 40.9 Å². The molecule has 0 saturated heterocycles. The molecule has 2 N–H and O–H groups in total. The smallest absolute Gasteiger partial charge is 0.249 e. The van der Waals surface area contributed by atoms with Crippen LogP contribution in [-0.2, 0) is 0 Å². The second-order valence-electron chi connectivity index (χ2n) is 3.84. The van der Waals surface area contributed by atoms with Crippen LogP contribution in [0.5, 0.6) is 11.5 Å². The number of rotatable bonds is 7. The third-order valence-corrected chi connectivity index (χ3v) is 2.88. The van der Waals surface area contributed by atoms with Gasteiger partial charge in [0.05, 0.1) is 18.8 Å². The molecule has 0 unspecified atom stereocenters. The van der Waals surface area contributed by atoms with Crippen LogP contribution in [0.1, 0.15) is 37.0 Å². The van der Waals surface area contributed by atoms with Gasteiger partial charge in [0, 0.05) is 4.47 Å². The van der Waals surface area contributed by atoms with E-state index in [0.717, 1.165) is 12.8 Å². The first-order chi connectivity index (χ1) is 8.60. The Morgan fingerprint density at radius 3 is 2.11 bits per heavy atom. The molecule has 18 heavy (non-hydrogen) atoms. The van der Waals surface area contributed by atoms with E-state index in [4.69, 9.17) is 15.2 Å². The maximum absolute atomic E-state index is 11.3. The van der Waals surface area contributed by atoms with Gasteiger partial charge in [0.2, 0.25) is 5.91 Å². The second kappa shape index (κ2) is 7.26. The molecule has 1 aromatic rings. The zero-order chi connectivity index (χ0) is 13.5. The molecule has 1 amide bonds. The minimum absolute atomic E-state index is 0.393. The topological polar surface area (TPSA) is 61.5 Å². The lowest BCUT2D eigenvalue weighted by molar-refractivity contribution is 0.0999. The van der Waals surface area contributed by atoms with Crippen LogP contribution in [0.4, 0.5) is 0 Å². The largest absolute Gasteiger partial charge is 0.490 e. The van der Waals surface area contributed by atoms with Crippen LogP contribution in [0.3, 0.4) is 0 Å². The summed E-state index contributed by atoms with van der Waals surface area (Å²) in [7, 11) is 0. The van der Waals surface area contributed by atoms with Crippen molar-refractivity contribution in [3.8, 4) is 11.5 Å². The lowest BCUT2D eigenvalue weighted by atomic mass is 10.2. The summed E-state index contributed by atoms with van der Waals surface area (Å²) in [6, 6.07) is 3.34. The van der Waals surface area contributed by atoms with Crippen molar-refractivity contribution >= 4 is 21.8 Å². The van der Waals surface area contributed by atoms with Crippen molar-refractivity contribution in [3.63, 3.8) is 0 Å². The molecule has 100 valence electrons. The number of carbonyl (C=O) groups excluding carboxylic acids is 1. The number of nitrogens with two attached hydrogens (primary N) is 1. The van der Waals surface area contributed by atoms with Crippen LogP contribution in [0.25, 0.3) is 0 Å². The molecule has 0 aromatic heterocycles. The Hall–Kier alpha value is -1.23. The average molecular weight is 316 g/mol. The molecule has 0 aliphatic carbocycles. The summed E-state index contributed by atoms with van der Waals surface area (Å²) in [6.45, 7) is 5.22. The van der Waals surface area contributed by atoms with Crippen molar-refractivity contribution in [1.29, 1.82) is 0 Å². The Balaban J connectivity index is 3.06. The van der Waals surface area contributed by atoms with Gasteiger partial charge in [-0.25, -0.2) is 0 Å². The van der Waals surface area contributed by atoms with Gasteiger partial charge in [0.25, 0.3) is 0 Å². The normalized spacial score (nSPS) is 10.2. The van der Waals surface area contributed by atoms with E-state index >= 15 is 0 Å². The third kappa shape index (κ3) is 3.91. The lowest BCUT2D eigenvalue weighted by Gasteiger charge is -2.14. The summed E-state index contributed by atoms with van der Waals surface area (Å²) >= 11 is 3.31. The van der Waals surface area contributed by atoms with E-state index in [1.54, 1.807) is 12.1 Å². The monoisotopic (exact) mass is 315 g/mol. The van der Waals surface area contributed by atoms with E-state index < -0.39 is 5.91 Å². The van der Waals surface area contributed by atoms with Gasteiger partial charge in [-0.1, -0.05) is 13.8 Å². The first-order valence-electron chi connectivity index (χ1n) is 5.99. The molecule has 0 aliphatic heterocycles. The van der Waals surface area contributed by atoms with Crippen LogP contribution in [0, 0.1) is 0 Å². The number of primary amides is 1. The van der Waals surface area contributed by atoms with Crippen molar-refractivity contribution in [3.05, 3.63) is 22.2 Å². The van der Waals surface area contributed by atoms with E-state index in [-0.39, 0.29) is 0 Å². The Kier molecular flexibility index (Phi) is 5.98. The van der Waals surface area contributed by atoms with E-state index in [9.17, 15) is 4.79 Å². The molecule has 5 heteroatoms. The summed E-state index contributed by atoms with van der Waals surface area (Å²) in [6.07, 6.45) is 1.79. The highest BCUT2D eigenvalue weighted by Crippen LogP contribution is 2.33. The minimum Gasteiger partial charge on any atom is -0.490 e. The predicted molar refractivity (Wildman–Crippen MR) is 74.2 cm³/mol. The fourth-order valence-electron chi connectivity index (χ4n) is 1.37. The molecule has 0 heterocycles. The first-order valence-corrected chi connectivity index (χ1v) is 6.78. The van der Waals surface area contributed by atoms with Gasteiger partial charge < -0.3 is 15.2 Å². The Morgan fingerprint density at radius 1 is 1.17 bits per heavy atom. The van der Waals surface area contributed by atoms with Crippen molar-refractivity contribution in [2.45, 2.75) is 26.7 Å². The fraction of sp³-hybridized carbons (Fsp3) is 0.462. The number of hydrogen-bond donors (Lipinski definition) is 1. The van der Waals surface area contributed by atoms with E-state index in [1.165, 1.54) is 0 Å². The van der Waals surface area contributed by atoms with E-state index in [1.807, 2.05) is 13.8 Å². The highest BCUT2D eigenvalue weighted by Gasteiger charge is 2.14. The minimum atomic E-state index is -0.495. The highest BCUT2D eigenvalue weighted by molar-refractivity contribution is 9.10. The molecule has 0 bridgehead atoms. The summed E-state index contributed by atoms with van der Waals surface area (Å²) in [4.78, 5) is 11.3. The van der Waals surface area contributed by atoms with Gasteiger partial charge in [-0.3, -0.25) is 4.79 Å². The molecule has 0 spiro atoms. The van der Waals surface area contributed by atoms with E-state index in [0.29, 0.717) is 34.7 Å². The van der Waals surface area contributed by atoms with E-state index in [2.05, 4.69) is 15.9 Å².